The Balaban J connectivity index is 2.90. The van der Waals surface area contributed by atoms with E-state index in [1.165, 1.54) is 0 Å². The number of rotatable bonds is 4. The largest absolute Gasteiger partial charge is 0.508 e. The first-order valence-electron chi connectivity index (χ1n) is 5.19. The lowest BCUT2D eigenvalue weighted by atomic mass is 10.0. The fourth-order valence-electron chi connectivity index (χ4n) is 1.48. The smallest absolute Gasteiger partial charge is 0.120 e. The van der Waals surface area contributed by atoms with Gasteiger partial charge in [0, 0.05) is 18.2 Å². The van der Waals surface area contributed by atoms with Crippen LogP contribution in [0.3, 0.4) is 0 Å². The van der Waals surface area contributed by atoms with Gasteiger partial charge < -0.3 is 15.3 Å². The molecule has 0 aliphatic carbocycles. The quantitative estimate of drug-likeness (QED) is 0.791. The summed E-state index contributed by atoms with van der Waals surface area (Å²) in [7, 11) is 5.93. The second-order valence-corrected chi connectivity index (χ2v) is 4.06. The Hall–Kier alpha value is -1.06. The van der Waals surface area contributed by atoms with Gasteiger partial charge in [0.2, 0.25) is 0 Å². The highest BCUT2D eigenvalue weighted by Gasteiger charge is 2.09. The van der Waals surface area contributed by atoms with E-state index in [1.54, 1.807) is 0 Å². The summed E-state index contributed by atoms with van der Waals surface area (Å²) in [6, 6.07) is 6.20. The molecule has 0 aliphatic heterocycles. The van der Waals surface area contributed by atoms with Crippen LogP contribution in [-0.2, 0) is 6.54 Å². The fraction of sp³-hybridized carbons (Fsp3) is 0.500. The highest BCUT2D eigenvalue weighted by molar-refractivity contribution is 5.37. The molecule has 1 rings (SSSR count). The van der Waals surface area contributed by atoms with Crippen molar-refractivity contribution in [3.05, 3.63) is 29.3 Å². The Morgan fingerprint density at radius 2 is 2.07 bits per heavy atom. The summed E-state index contributed by atoms with van der Waals surface area (Å²) >= 11 is 0. The first-order chi connectivity index (χ1) is 7.06. The fourth-order valence-corrected chi connectivity index (χ4v) is 1.48. The van der Waals surface area contributed by atoms with E-state index in [2.05, 4.69) is 23.2 Å². The lowest BCUT2D eigenvalue weighted by molar-refractivity contribution is 0.320. The van der Waals surface area contributed by atoms with Gasteiger partial charge in [-0.2, -0.15) is 0 Å². The summed E-state index contributed by atoms with van der Waals surface area (Å²) in [5.74, 6) is 0.371. The van der Waals surface area contributed by atoms with Gasteiger partial charge in [-0.3, -0.25) is 0 Å². The lowest BCUT2D eigenvalue weighted by Crippen LogP contribution is -2.16. The van der Waals surface area contributed by atoms with Gasteiger partial charge >= 0.3 is 0 Å². The summed E-state index contributed by atoms with van der Waals surface area (Å²) in [6.45, 7) is 2.81. The highest BCUT2D eigenvalue weighted by atomic mass is 16.3. The average Bonchev–Trinajstić information content (AvgIpc) is 2.20. The van der Waals surface area contributed by atoms with Crippen molar-refractivity contribution in [3.63, 3.8) is 0 Å². The number of nitrogens with one attached hydrogen (secondary N) is 1. The molecule has 15 heavy (non-hydrogen) atoms. The van der Waals surface area contributed by atoms with Crippen LogP contribution in [-0.4, -0.2) is 31.1 Å². The Morgan fingerprint density at radius 1 is 1.40 bits per heavy atom. The highest BCUT2D eigenvalue weighted by Crippen LogP contribution is 2.24. The third kappa shape index (κ3) is 2.94. The van der Waals surface area contributed by atoms with Crippen molar-refractivity contribution < 1.29 is 5.11 Å². The minimum atomic E-state index is 0.319. The molecule has 2 N–H and O–H groups in total. The van der Waals surface area contributed by atoms with E-state index < -0.39 is 0 Å². The van der Waals surface area contributed by atoms with E-state index in [1.807, 2.05) is 33.3 Å². The summed E-state index contributed by atoms with van der Waals surface area (Å²) in [5.41, 5.74) is 2.07. The van der Waals surface area contributed by atoms with Crippen LogP contribution in [0.1, 0.15) is 24.1 Å². The molecule has 0 heterocycles. The predicted molar refractivity (Wildman–Crippen MR) is 63.0 cm³/mol. The Bertz CT molecular complexity index is 323. The molecule has 0 radical (unpaired) electrons. The van der Waals surface area contributed by atoms with Crippen molar-refractivity contribution in [1.29, 1.82) is 0 Å². The van der Waals surface area contributed by atoms with E-state index >= 15 is 0 Å². The zero-order valence-electron chi connectivity index (χ0n) is 9.91. The monoisotopic (exact) mass is 208 g/mol. The SMILES string of the molecule is CNCc1ccc(C(C)N(C)C)cc1O. The number of benzene rings is 1. The van der Waals surface area contributed by atoms with Crippen molar-refractivity contribution in [3.8, 4) is 5.75 Å². The lowest BCUT2D eigenvalue weighted by Gasteiger charge is -2.20. The molecular formula is C12H20N2O. The minimum absolute atomic E-state index is 0.319. The number of hydrogen-bond acceptors (Lipinski definition) is 3. The molecule has 0 aliphatic rings. The van der Waals surface area contributed by atoms with Crippen LogP contribution in [0.4, 0.5) is 0 Å². The third-order valence-corrected chi connectivity index (χ3v) is 2.73. The average molecular weight is 208 g/mol. The van der Waals surface area contributed by atoms with Crippen molar-refractivity contribution in [2.24, 2.45) is 0 Å². The molecule has 0 bridgehead atoms. The molecule has 0 spiro atoms. The first kappa shape index (κ1) is 12.0. The van der Waals surface area contributed by atoms with E-state index in [0.717, 1.165) is 11.1 Å². The van der Waals surface area contributed by atoms with Gasteiger partial charge in [-0.25, -0.2) is 0 Å². The topological polar surface area (TPSA) is 35.5 Å². The van der Waals surface area contributed by atoms with Crippen LogP contribution >= 0.6 is 0 Å². The minimum Gasteiger partial charge on any atom is -0.508 e. The second kappa shape index (κ2) is 5.14. The summed E-state index contributed by atoms with van der Waals surface area (Å²) in [4.78, 5) is 2.12. The molecule has 0 saturated heterocycles. The normalized spacial score (nSPS) is 13.1. The van der Waals surface area contributed by atoms with Gasteiger partial charge in [-0.15, -0.1) is 0 Å². The zero-order valence-corrected chi connectivity index (χ0v) is 9.91. The number of hydrogen-bond donors (Lipinski definition) is 2. The molecule has 1 atom stereocenters. The van der Waals surface area contributed by atoms with Crippen LogP contribution in [0.5, 0.6) is 5.75 Å². The van der Waals surface area contributed by atoms with Gasteiger partial charge in [0.05, 0.1) is 0 Å². The van der Waals surface area contributed by atoms with Crippen LogP contribution in [0.15, 0.2) is 18.2 Å². The molecule has 1 aromatic carbocycles. The van der Waals surface area contributed by atoms with Crippen molar-refractivity contribution in [2.45, 2.75) is 19.5 Å². The van der Waals surface area contributed by atoms with Gasteiger partial charge in [0.1, 0.15) is 5.75 Å². The number of nitrogens with zero attached hydrogens (tertiary/aromatic N) is 1. The molecule has 3 heteroatoms. The molecule has 0 fully saturated rings. The van der Waals surface area contributed by atoms with E-state index in [-0.39, 0.29) is 0 Å². The molecule has 0 amide bonds. The van der Waals surface area contributed by atoms with E-state index in [9.17, 15) is 5.11 Å². The third-order valence-electron chi connectivity index (χ3n) is 2.73. The second-order valence-electron chi connectivity index (χ2n) is 4.06. The summed E-state index contributed by atoms with van der Waals surface area (Å²) < 4.78 is 0. The first-order valence-corrected chi connectivity index (χ1v) is 5.19. The van der Waals surface area contributed by atoms with Crippen LogP contribution in [0.2, 0.25) is 0 Å². The predicted octanol–water partition coefficient (Wildman–Crippen LogP) is 1.73. The van der Waals surface area contributed by atoms with E-state index in [0.29, 0.717) is 18.3 Å². The number of phenols is 1. The van der Waals surface area contributed by atoms with Gasteiger partial charge in [-0.1, -0.05) is 12.1 Å². The molecule has 0 aromatic heterocycles. The molecule has 3 nitrogen and oxygen atoms in total. The zero-order chi connectivity index (χ0) is 11.4. The van der Waals surface area contributed by atoms with Crippen LogP contribution in [0.25, 0.3) is 0 Å². The molecule has 0 saturated carbocycles. The van der Waals surface area contributed by atoms with E-state index in [4.69, 9.17) is 0 Å². The van der Waals surface area contributed by atoms with Crippen molar-refractivity contribution >= 4 is 0 Å². The number of phenolic OH excluding ortho intramolecular Hbond substituents is 1. The maximum atomic E-state index is 9.79. The standard InChI is InChI=1S/C12H20N2O/c1-9(14(3)4)10-5-6-11(8-13-2)12(15)7-10/h5-7,9,13,15H,8H2,1-4H3. The molecule has 1 aromatic rings. The Kier molecular flexibility index (Phi) is 4.12. The van der Waals surface area contributed by atoms with Crippen LogP contribution < -0.4 is 5.32 Å². The van der Waals surface area contributed by atoms with Gasteiger partial charge in [-0.05, 0) is 39.7 Å². The molecule has 84 valence electrons. The van der Waals surface area contributed by atoms with Crippen molar-refractivity contribution in [1.82, 2.24) is 10.2 Å². The van der Waals surface area contributed by atoms with Crippen molar-refractivity contribution in [2.75, 3.05) is 21.1 Å². The molecular weight excluding hydrogens is 188 g/mol. The Labute approximate surface area is 91.7 Å². The van der Waals surface area contributed by atoms with Crippen LogP contribution in [0, 0.1) is 0 Å². The maximum Gasteiger partial charge on any atom is 0.120 e. The summed E-state index contributed by atoms with van der Waals surface area (Å²) in [6.07, 6.45) is 0. The number of aromatic hydroxyl groups is 1. The Morgan fingerprint density at radius 3 is 2.53 bits per heavy atom. The maximum absolute atomic E-state index is 9.79. The summed E-state index contributed by atoms with van der Waals surface area (Å²) in [5, 5.41) is 12.8. The molecule has 1 unspecified atom stereocenters. The van der Waals surface area contributed by atoms with Gasteiger partial charge in [0.15, 0.2) is 0 Å². The van der Waals surface area contributed by atoms with Gasteiger partial charge in [0.25, 0.3) is 0 Å².